The minimum Gasteiger partial charge on any atom is -0.360 e. The Labute approximate surface area is 103 Å². The van der Waals surface area contributed by atoms with Crippen LogP contribution < -0.4 is 10.6 Å². The molecule has 1 aromatic heterocycles. The largest absolute Gasteiger partial charge is 0.360 e. The maximum atomic E-state index is 11.4. The smallest absolute Gasteiger partial charge is 0.263 e. The molecule has 0 spiro atoms. The third-order valence-corrected chi connectivity index (χ3v) is 1.93. The van der Waals surface area contributed by atoms with Crippen molar-refractivity contribution in [1.82, 2.24) is 10.5 Å². The second-order valence-electron chi connectivity index (χ2n) is 3.08. The molecule has 0 aliphatic rings. The SMILES string of the molecule is Cc1cc(N/C=C(/C#N)C(=O)NCCCl)no1. The van der Waals surface area contributed by atoms with Gasteiger partial charge in [-0.2, -0.15) is 5.26 Å². The lowest BCUT2D eigenvalue weighted by Gasteiger charge is -2.00. The van der Waals surface area contributed by atoms with Gasteiger partial charge in [-0.05, 0) is 6.92 Å². The first-order chi connectivity index (χ1) is 8.17. The van der Waals surface area contributed by atoms with Crippen LogP contribution >= 0.6 is 11.6 Å². The number of hydrogen-bond donors (Lipinski definition) is 2. The van der Waals surface area contributed by atoms with Crippen LogP contribution in [0.15, 0.2) is 22.4 Å². The number of halogens is 1. The Morgan fingerprint density at radius 3 is 3.06 bits per heavy atom. The normalized spacial score (nSPS) is 10.8. The van der Waals surface area contributed by atoms with Crippen LogP contribution in [-0.2, 0) is 4.79 Å². The molecule has 2 N–H and O–H groups in total. The van der Waals surface area contributed by atoms with Crippen LogP contribution in [0.1, 0.15) is 5.76 Å². The van der Waals surface area contributed by atoms with E-state index in [1.807, 2.05) is 0 Å². The van der Waals surface area contributed by atoms with Gasteiger partial charge in [-0.25, -0.2) is 0 Å². The zero-order valence-electron chi connectivity index (χ0n) is 9.16. The number of anilines is 1. The number of amides is 1. The van der Waals surface area contributed by atoms with Gasteiger partial charge < -0.3 is 15.2 Å². The van der Waals surface area contributed by atoms with Gasteiger partial charge in [-0.15, -0.1) is 11.6 Å². The summed E-state index contributed by atoms with van der Waals surface area (Å²) in [5, 5.41) is 17.6. The third-order valence-electron chi connectivity index (χ3n) is 1.74. The van der Waals surface area contributed by atoms with Gasteiger partial charge in [-0.1, -0.05) is 5.16 Å². The van der Waals surface area contributed by atoms with E-state index in [-0.39, 0.29) is 5.57 Å². The molecule has 1 aromatic rings. The number of carbonyl (C=O) groups excluding carboxylic acids is 1. The lowest BCUT2D eigenvalue weighted by atomic mass is 10.3. The van der Waals surface area contributed by atoms with Crippen LogP contribution in [-0.4, -0.2) is 23.5 Å². The molecule has 1 amide bonds. The molecule has 90 valence electrons. The highest BCUT2D eigenvalue weighted by Crippen LogP contribution is 2.07. The molecule has 0 radical (unpaired) electrons. The highest BCUT2D eigenvalue weighted by atomic mass is 35.5. The molecule has 17 heavy (non-hydrogen) atoms. The van der Waals surface area contributed by atoms with E-state index in [1.54, 1.807) is 19.1 Å². The molecule has 7 heteroatoms. The van der Waals surface area contributed by atoms with Crippen molar-refractivity contribution in [2.45, 2.75) is 6.92 Å². The minimum atomic E-state index is -0.485. The van der Waals surface area contributed by atoms with Crippen LogP contribution in [0.4, 0.5) is 5.82 Å². The number of nitriles is 1. The zero-order chi connectivity index (χ0) is 12.7. The summed E-state index contributed by atoms with van der Waals surface area (Å²) in [6.07, 6.45) is 1.26. The van der Waals surface area contributed by atoms with Gasteiger partial charge in [0.05, 0.1) is 0 Å². The predicted molar refractivity (Wildman–Crippen MR) is 62.3 cm³/mol. The first-order valence-electron chi connectivity index (χ1n) is 4.81. The van der Waals surface area contributed by atoms with E-state index in [9.17, 15) is 4.79 Å². The molecule has 1 rings (SSSR count). The fraction of sp³-hybridized carbons (Fsp3) is 0.300. The van der Waals surface area contributed by atoms with Crippen molar-refractivity contribution in [3.63, 3.8) is 0 Å². The lowest BCUT2D eigenvalue weighted by Crippen LogP contribution is -2.26. The van der Waals surface area contributed by atoms with E-state index < -0.39 is 5.91 Å². The fourth-order valence-corrected chi connectivity index (χ4v) is 1.08. The highest BCUT2D eigenvalue weighted by Gasteiger charge is 2.07. The summed E-state index contributed by atoms with van der Waals surface area (Å²) in [5.41, 5.74) is -0.0595. The average Bonchev–Trinajstić information content (AvgIpc) is 2.73. The zero-order valence-corrected chi connectivity index (χ0v) is 9.91. The molecule has 0 aliphatic heterocycles. The molecule has 1 heterocycles. The Balaban J connectivity index is 2.61. The van der Waals surface area contributed by atoms with Crippen molar-refractivity contribution in [3.05, 3.63) is 23.6 Å². The minimum absolute atomic E-state index is 0.0595. The topological polar surface area (TPSA) is 91.0 Å². The third kappa shape index (κ3) is 4.17. The molecule has 6 nitrogen and oxygen atoms in total. The number of aryl methyl sites for hydroxylation is 1. The van der Waals surface area contributed by atoms with Gasteiger partial charge in [0.15, 0.2) is 5.82 Å². The summed E-state index contributed by atoms with van der Waals surface area (Å²) in [6.45, 7) is 2.04. The summed E-state index contributed by atoms with van der Waals surface area (Å²) in [6, 6.07) is 3.41. The van der Waals surface area contributed by atoms with E-state index in [4.69, 9.17) is 21.4 Å². The van der Waals surface area contributed by atoms with E-state index in [2.05, 4.69) is 15.8 Å². The Hall–Kier alpha value is -2.00. The van der Waals surface area contributed by atoms with E-state index in [0.29, 0.717) is 24.0 Å². The van der Waals surface area contributed by atoms with E-state index in [1.165, 1.54) is 6.20 Å². The van der Waals surface area contributed by atoms with E-state index in [0.717, 1.165) is 0 Å². The summed E-state index contributed by atoms with van der Waals surface area (Å²) < 4.78 is 4.81. The number of aromatic nitrogens is 1. The van der Waals surface area contributed by atoms with E-state index >= 15 is 0 Å². The van der Waals surface area contributed by atoms with Crippen molar-refractivity contribution in [3.8, 4) is 6.07 Å². The van der Waals surface area contributed by atoms with Crippen molar-refractivity contribution < 1.29 is 9.32 Å². The number of carbonyl (C=O) groups is 1. The van der Waals surface area contributed by atoms with Crippen LogP contribution in [0.3, 0.4) is 0 Å². The number of hydrogen-bond acceptors (Lipinski definition) is 5. The second kappa shape index (κ2) is 6.55. The van der Waals surface area contributed by atoms with Gasteiger partial charge in [0, 0.05) is 24.7 Å². The maximum Gasteiger partial charge on any atom is 0.263 e. The number of alkyl halides is 1. The van der Waals surface area contributed by atoms with Crippen LogP contribution in [0.5, 0.6) is 0 Å². The van der Waals surface area contributed by atoms with Crippen molar-refractivity contribution in [1.29, 1.82) is 5.26 Å². The Morgan fingerprint density at radius 2 is 2.53 bits per heavy atom. The maximum absolute atomic E-state index is 11.4. The quantitative estimate of drug-likeness (QED) is 0.467. The first-order valence-corrected chi connectivity index (χ1v) is 5.35. The van der Waals surface area contributed by atoms with Gasteiger partial charge in [0.2, 0.25) is 0 Å². The number of nitrogens with one attached hydrogen (secondary N) is 2. The Bertz CT molecular complexity index is 461. The van der Waals surface area contributed by atoms with Gasteiger partial charge in [0.1, 0.15) is 17.4 Å². The number of nitrogens with zero attached hydrogens (tertiary/aromatic N) is 2. The lowest BCUT2D eigenvalue weighted by molar-refractivity contribution is -0.117. The summed E-state index contributed by atoms with van der Waals surface area (Å²) in [4.78, 5) is 11.4. The Morgan fingerprint density at radius 1 is 1.76 bits per heavy atom. The first kappa shape index (κ1) is 13.1. The molecule has 0 saturated carbocycles. The van der Waals surface area contributed by atoms with Gasteiger partial charge in [-0.3, -0.25) is 4.79 Å². The van der Waals surface area contributed by atoms with Crippen molar-refractivity contribution in [2.24, 2.45) is 0 Å². The standard InChI is InChI=1S/C10H11ClN4O2/c1-7-4-9(15-17-7)14-6-8(5-12)10(16)13-3-2-11/h4,6H,2-3H2,1H3,(H,13,16)(H,14,15)/b8-6-. The molecular formula is C10H11ClN4O2. The molecule has 0 unspecified atom stereocenters. The molecular weight excluding hydrogens is 244 g/mol. The van der Waals surface area contributed by atoms with Crippen LogP contribution in [0.2, 0.25) is 0 Å². The second-order valence-corrected chi connectivity index (χ2v) is 3.46. The number of rotatable bonds is 5. The Kier molecular flexibility index (Phi) is 5.04. The molecule has 0 aromatic carbocycles. The average molecular weight is 255 g/mol. The molecule has 0 fully saturated rings. The molecule has 0 aliphatic carbocycles. The fourth-order valence-electron chi connectivity index (χ4n) is 0.985. The van der Waals surface area contributed by atoms with Crippen molar-refractivity contribution >= 4 is 23.3 Å². The summed E-state index contributed by atoms with van der Waals surface area (Å²) >= 11 is 5.41. The molecule has 0 bridgehead atoms. The highest BCUT2D eigenvalue weighted by molar-refractivity contribution is 6.18. The van der Waals surface area contributed by atoms with Gasteiger partial charge >= 0.3 is 0 Å². The van der Waals surface area contributed by atoms with Crippen LogP contribution in [0.25, 0.3) is 0 Å². The van der Waals surface area contributed by atoms with Crippen molar-refractivity contribution in [2.75, 3.05) is 17.7 Å². The molecule has 0 saturated heterocycles. The predicted octanol–water partition coefficient (Wildman–Crippen LogP) is 1.16. The monoisotopic (exact) mass is 254 g/mol. The summed E-state index contributed by atoms with van der Waals surface area (Å²) in [7, 11) is 0. The summed E-state index contributed by atoms with van der Waals surface area (Å²) in [5.74, 6) is 0.868. The molecule has 0 atom stereocenters. The van der Waals surface area contributed by atoms with Crippen LogP contribution in [0, 0.1) is 18.3 Å². The van der Waals surface area contributed by atoms with Gasteiger partial charge in [0.25, 0.3) is 5.91 Å².